The molecule has 2 nitrogen and oxygen atoms in total. The van der Waals surface area contributed by atoms with Gasteiger partial charge in [-0.05, 0) is 39.0 Å². The van der Waals surface area contributed by atoms with Crippen LogP contribution in [0, 0.1) is 0 Å². The average Bonchev–Trinajstić information content (AvgIpc) is 2.51. The summed E-state index contributed by atoms with van der Waals surface area (Å²) in [6, 6.07) is 0. The molecular formula is C20H39NaO2. The molecule has 0 amide bonds. The third-order valence-corrected chi connectivity index (χ3v) is 3.95. The van der Waals surface area contributed by atoms with E-state index in [-0.39, 0.29) is 35.5 Å². The molecule has 0 rings (SSSR count). The van der Waals surface area contributed by atoms with E-state index in [4.69, 9.17) is 4.74 Å². The molecule has 0 atom stereocenters. The van der Waals surface area contributed by atoms with E-state index in [9.17, 15) is 4.79 Å². The summed E-state index contributed by atoms with van der Waals surface area (Å²) in [6.45, 7) is 4.63. The van der Waals surface area contributed by atoms with Crippen LogP contribution in [-0.2, 0) is 9.53 Å². The van der Waals surface area contributed by atoms with Gasteiger partial charge in [-0.3, -0.25) is 4.79 Å². The quantitative estimate of drug-likeness (QED) is 0.151. The second-order valence-electron chi connectivity index (χ2n) is 6.14. The zero-order valence-electron chi connectivity index (χ0n) is 15.1. The molecule has 0 aromatic carbocycles. The van der Waals surface area contributed by atoms with Gasteiger partial charge in [0.2, 0.25) is 0 Å². The second kappa shape index (κ2) is 22.2. The molecule has 0 aromatic heterocycles. The molecule has 132 valence electrons. The average molecular weight is 335 g/mol. The molecular weight excluding hydrogens is 295 g/mol. The van der Waals surface area contributed by atoms with Crippen molar-refractivity contribution in [1.29, 1.82) is 0 Å². The predicted molar refractivity (Wildman–Crippen MR) is 103 cm³/mol. The maximum absolute atomic E-state index is 11.1. The van der Waals surface area contributed by atoms with Crippen molar-refractivity contribution in [3.63, 3.8) is 0 Å². The Labute approximate surface area is 167 Å². The van der Waals surface area contributed by atoms with Crippen LogP contribution in [0.2, 0.25) is 0 Å². The summed E-state index contributed by atoms with van der Waals surface area (Å²) in [5.41, 5.74) is 0. The first kappa shape index (κ1) is 25.5. The van der Waals surface area contributed by atoms with Gasteiger partial charge in [-0.25, -0.2) is 0 Å². The van der Waals surface area contributed by atoms with E-state index in [1.54, 1.807) is 0 Å². The Bertz CT molecular complexity index is 264. The molecule has 0 aliphatic rings. The van der Waals surface area contributed by atoms with Crippen molar-refractivity contribution in [2.45, 2.75) is 104 Å². The topological polar surface area (TPSA) is 26.3 Å². The van der Waals surface area contributed by atoms with Gasteiger partial charge in [0.25, 0.3) is 0 Å². The fraction of sp³-hybridized carbons (Fsp3) is 0.850. The van der Waals surface area contributed by atoms with E-state index in [1.165, 1.54) is 70.6 Å². The number of hydrogen-bond donors (Lipinski definition) is 0. The van der Waals surface area contributed by atoms with Crippen LogP contribution in [0.25, 0.3) is 0 Å². The van der Waals surface area contributed by atoms with Gasteiger partial charge >= 0.3 is 35.5 Å². The fourth-order valence-electron chi connectivity index (χ4n) is 2.57. The van der Waals surface area contributed by atoms with Crippen LogP contribution in [0.3, 0.4) is 0 Å². The monoisotopic (exact) mass is 334 g/mol. The third-order valence-electron chi connectivity index (χ3n) is 3.95. The number of hydrogen-bond acceptors (Lipinski definition) is 2. The number of ether oxygens (including phenoxy) is 1. The summed E-state index contributed by atoms with van der Waals surface area (Å²) < 4.78 is 4.91. The molecule has 0 heterocycles. The van der Waals surface area contributed by atoms with Gasteiger partial charge in [-0.2, -0.15) is 0 Å². The molecule has 0 N–H and O–H groups in total. The number of allylic oxidation sites excluding steroid dienone is 2. The summed E-state index contributed by atoms with van der Waals surface area (Å²) >= 11 is 0. The van der Waals surface area contributed by atoms with E-state index < -0.39 is 0 Å². The zero-order valence-corrected chi connectivity index (χ0v) is 15.1. The Morgan fingerprint density at radius 1 is 0.739 bits per heavy atom. The van der Waals surface area contributed by atoms with E-state index >= 15 is 0 Å². The van der Waals surface area contributed by atoms with Gasteiger partial charge in [-0.15, -0.1) is 0 Å². The summed E-state index contributed by atoms with van der Waals surface area (Å²) in [4.78, 5) is 11.1. The predicted octanol–water partition coefficient (Wildman–Crippen LogP) is 5.94. The Morgan fingerprint density at radius 2 is 1.22 bits per heavy atom. The van der Waals surface area contributed by atoms with Gasteiger partial charge in [-0.1, -0.05) is 70.4 Å². The van der Waals surface area contributed by atoms with Crippen LogP contribution in [0.1, 0.15) is 104 Å². The molecule has 0 spiro atoms. The van der Waals surface area contributed by atoms with E-state index in [1.807, 2.05) is 6.92 Å². The molecule has 0 saturated carbocycles. The SMILES string of the molecule is CCCCCCCC/C=C\CCCCCCCC(=O)OCC.[NaH]. The number of rotatable bonds is 16. The van der Waals surface area contributed by atoms with Crippen LogP contribution < -0.4 is 0 Å². The van der Waals surface area contributed by atoms with Gasteiger partial charge in [0.05, 0.1) is 6.61 Å². The number of esters is 1. The van der Waals surface area contributed by atoms with E-state index in [0.29, 0.717) is 13.0 Å². The fourth-order valence-corrected chi connectivity index (χ4v) is 2.57. The number of unbranched alkanes of at least 4 members (excludes halogenated alkanes) is 11. The van der Waals surface area contributed by atoms with Crippen LogP contribution in [0.15, 0.2) is 12.2 Å². The van der Waals surface area contributed by atoms with Crippen LogP contribution >= 0.6 is 0 Å². The standard InChI is InChI=1S/C20H38O2.Na.H/c1-3-5-6-7-8-9-10-11-12-13-14-15-16-17-18-19-20(21)22-4-2;;/h11-12H,3-10,13-19H2,1-2H3;;/b12-11-;;. The van der Waals surface area contributed by atoms with Gasteiger partial charge in [0, 0.05) is 6.42 Å². The van der Waals surface area contributed by atoms with Gasteiger partial charge < -0.3 is 4.74 Å². The maximum atomic E-state index is 11.1. The van der Waals surface area contributed by atoms with Crippen molar-refractivity contribution in [2.75, 3.05) is 6.61 Å². The van der Waals surface area contributed by atoms with Crippen molar-refractivity contribution in [1.82, 2.24) is 0 Å². The minimum absolute atomic E-state index is 0. The molecule has 0 fully saturated rings. The number of carbonyl (C=O) groups excluding carboxylic acids is 1. The first-order chi connectivity index (χ1) is 10.8. The van der Waals surface area contributed by atoms with Gasteiger partial charge in [0.1, 0.15) is 0 Å². The first-order valence-electron chi connectivity index (χ1n) is 9.61. The van der Waals surface area contributed by atoms with E-state index in [2.05, 4.69) is 19.1 Å². The summed E-state index contributed by atoms with van der Waals surface area (Å²) in [7, 11) is 0. The molecule has 0 unspecified atom stereocenters. The van der Waals surface area contributed by atoms with E-state index in [0.717, 1.165) is 12.8 Å². The number of carbonyl (C=O) groups is 1. The van der Waals surface area contributed by atoms with Crippen molar-refractivity contribution >= 4 is 35.5 Å². The third kappa shape index (κ3) is 22.2. The van der Waals surface area contributed by atoms with Crippen molar-refractivity contribution in [3.05, 3.63) is 12.2 Å². The van der Waals surface area contributed by atoms with Crippen molar-refractivity contribution in [3.8, 4) is 0 Å². The summed E-state index contributed by atoms with van der Waals surface area (Å²) in [6.07, 6.45) is 22.0. The molecule has 0 radical (unpaired) electrons. The van der Waals surface area contributed by atoms with Crippen LogP contribution in [0.5, 0.6) is 0 Å². The molecule has 23 heavy (non-hydrogen) atoms. The molecule has 0 aromatic rings. The zero-order chi connectivity index (χ0) is 16.3. The molecule has 0 bridgehead atoms. The Morgan fingerprint density at radius 3 is 1.74 bits per heavy atom. The molecule has 3 heteroatoms. The van der Waals surface area contributed by atoms with Crippen LogP contribution in [-0.4, -0.2) is 42.1 Å². The van der Waals surface area contributed by atoms with Crippen LogP contribution in [0.4, 0.5) is 0 Å². The minimum atomic E-state index is -0.0415. The Kier molecular flexibility index (Phi) is 24.6. The molecule has 0 saturated heterocycles. The summed E-state index contributed by atoms with van der Waals surface area (Å²) in [5.74, 6) is -0.0415. The first-order valence-corrected chi connectivity index (χ1v) is 9.61. The van der Waals surface area contributed by atoms with Crippen molar-refractivity contribution < 1.29 is 9.53 Å². The Balaban J connectivity index is 0. The summed E-state index contributed by atoms with van der Waals surface area (Å²) in [5, 5.41) is 0. The normalized spacial score (nSPS) is 10.7. The molecule has 0 aliphatic carbocycles. The van der Waals surface area contributed by atoms with Crippen molar-refractivity contribution in [2.24, 2.45) is 0 Å². The molecule has 0 aliphatic heterocycles. The van der Waals surface area contributed by atoms with Gasteiger partial charge in [0.15, 0.2) is 0 Å². The second-order valence-corrected chi connectivity index (χ2v) is 6.14. The Hall–Kier alpha value is 0.210.